The number of hydrazone groups is 1. The summed E-state index contributed by atoms with van der Waals surface area (Å²) < 4.78 is 5.38. The van der Waals surface area contributed by atoms with Crippen LogP contribution < -0.4 is 0 Å². The van der Waals surface area contributed by atoms with Crippen molar-refractivity contribution in [2.24, 2.45) is 11.0 Å². The highest BCUT2D eigenvalue weighted by atomic mass is 16.7. The van der Waals surface area contributed by atoms with Crippen molar-refractivity contribution in [1.82, 2.24) is 9.80 Å². The van der Waals surface area contributed by atoms with Crippen LogP contribution in [0.5, 0.6) is 0 Å². The Labute approximate surface area is 139 Å². The molecule has 1 unspecified atom stereocenters. The summed E-state index contributed by atoms with van der Waals surface area (Å²) in [4.78, 5) is 27.0. The van der Waals surface area contributed by atoms with Crippen molar-refractivity contribution in [2.45, 2.75) is 12.8 Å². The van der Waals surface area contributed by atoms with Crippen molar-refractivity contribution in [3.63, 3.8) is 0 Å². The molecule has 8 nitrogen and oxygen atoms in total. The highest BCUT2D eigenvalue weighted by molar-refractivity contribution is 6.05. The van der Waals surface area contributed by atoms with E-state index in [-0.39, 0.29) is 11.9 Å². The third-order valence-electron chi connectivity index (χ3n) is 4.27. The van der Waals surface area contributed by atoms with Gasteiger partial charge in [-0.05, 0) is 25.0 Å². The lowest BCUT2D eigenvalue weighted by Gasteiger charge is -2.37. The fraction of sp³-hybridized carbons (Fsp3) is 0.500. The van der Waals surface area contributed by atoms with Crippen LogP contribution in [0.1, 0.15) is 23.2 Å². The van der Waals surface area contributed by atoms with Gasteiger partial charge in [0.1, 0.15) is 5.10 Å². The third-order valence-corrected chi connectivity index (χ3v) is 4.27. The summed E-state index contributed by atoms with van der Waals surface area (Å²) in [6.07, 6.45) is 1.68. The van der Waals surface area contributed by atoms with Crippen molar-refractivity contribution in [3.8, 4) is 0 Å². The first-order chi connectivity index (χ1) is 11.6. The number of nitro groups is 1. The van der Waals surface area contributed by atoms with Crippen LogP contribution in [0.3, 0.4) is 0 Å². The molecule has 2 heterocycles. The van der Waals surface area contributed by atoms with E-state index in [0.29, 0.717) is 44.3 Å². The Bertz CT molecular complexity index is 628. The Balaban J connectivity index is 1.83. The van der Waals surface area contributed by atoms with E-state index >= 15 is 0 Å². The van der Waals surface area contributed by atoms with E-state index in [4.69, 9.17) is 4.74 Å². The zero-order chi connectivity index (χ0) is 16.9. The lowest BCUT2D eigenvalue weighted by atomic mass is 10.1. The molecule has 3 rings (SSSR count). The second-order valence-corrected chi connectivity index (χ2v) is 5.99. The molecule has 0 saturated carbocycles. The summed E-state index contributed by atoms with van der Waals surface area (Å²) >= 11 is 0. The average molecular weight is 332 g/mol. The van der Waals surface area contributed by atoms with Crippen LogP contribution in [0.15, 0.2) is 35.4 Å². The van der Waals surface area contributed by atoms with Gasteiger partial charge in [-0.25, -0.2) is 10.1 Å². The normalized spacial score (nSPS) is 22.8. The molecule has 0 bridgehead atoms. The quantitative estimate of drug-likeness (QED) is 0.614. The van der Waals surface area contributed by atoms with Gasteiger partial charge in [-0.15, -0.1) is 0 Å². The van der Waals surface area contributed by atoms with Gasteiger partial charge in [0.25, 0.3) is 11.9 Å². The Kier molecular flexibility index (Phi) is 5.05. The van der Waals surface area contributed by atoms with Gasteiger partial charge in [0, 0.05) is 37.7 Å². The van der Waals surface area contributed by atoms with Gasteiger partial charge in [0.15, 0.2) is 5.03 Å². The predicted molar refractivity (Wildman–Crippen MR) is 87.0 cm³/mol. The number of carbonyl (C=O) groups is 1. The van der Waals surface area contributed by atoms with E-state index in [0.717, 1.165) is 12.8 Å². The van der Waals surface area contributed by atoms with Gasteiger partial charge in [-0.1, -0.05) is 18.2 Å². The summed E-state index contributed by atoms with van der Waals surface area (Å²) in [5.74, 6) is 0.185. The molecule has 0 N–H and O–H groups in total. The van der Waals surface area contributed by atoms with Gasteiger partial charge >= 0.3 is 0 Å². The maximum absolute atomic E-state index is 12.7. The predicted octanol–water partition coefficient (Wildman–Crippen LogP) is 1.42. The molecule has 24 heavy (non-hydrogen) atoms. The van der Waals surface area contributed by atoms with E-state index in [1.54, 1.807) is 24.3 Å². The molecule has 1 aromatic carbocycles. The van der Waals surface area contributed by atoms with Crippen LogP contribution in [0, 0.1) is 16.0 Å². The number of carbonyl (C=O) groups excluding carboxylic acids is 1. The molecular formula is C16H20N4O4. The number of ether oxygens (including phenoxy) is 1. The maximum atomic E-state index is 12.7. The highest BCUT2D eigenvalue weighted by Crippen LogP contribution is 2.19. The van der Waals surface area contributed by atoms with Crippen LogP contribution in [-0.2, 0) is 4.74 Å². The van der Waals surface area contributed by atoms with Crippen molar-refractivity contribution in [2.75, 3.05) is 32.8 Å². The van der Waals surface area contributed by atoms with Crippen LogP contribution in [0.4, 0.5) is 0 Å². The summed E-state index contributed by atoms with van der Waals surface area (Å²) in [5.41, 5.74) is 0.500. The van der Waals surface area contributed by atoms with Crippen molar-refractivity contribution < 1.29 is 14.6 Å². The van der Waals surface area contributed by atoms with E-state index in [1.807, 2.05) is 11.0 Å². The minimum Gasteiger partial charge on any atom is -0.381 e. The van der Waals surface area contributed by atoms with E-state index < -0.39 is 5.03 Å². The van der Waals surface area contributed by atoms with Gasteiger partial charge < -0.3 is 9.64 Å². The molecule has 0 aliphatic carbocycles. The summed E-state index contributed by atoms with van der Waals surface area (Å²) in [6.45, 7) is 3.06. The van der Waals surface area contributed by atoms with Crippen LogP contribution in [-0.4, -0.2) is 59.5 Å². The number of amides is 1. The van der Waals surface area contributed by atoms with Crippen LogP contribution in [0.2, 0.25) is 0 Å². The third kappa shape index (κ3) is 3.70. The second-order valence-electron chi connectivity index (χ2n) is 5.99. The van der Waals surface area contributed by atoms with Crippen LogP contribution >= 0.6 is 0 Å². The van der Waals surface area contributed by atoms with Gasteiger partial charge in [-0.2, -0.15) is 0 Å². The molecule has 1 amide bonds. The highest BCUT2D eigenvalue weighted by Gasteiger charge is 2.33. The van der Waals surface area contributed by atoms with Crippen molar-refractivity contribution >= 4 is 11.9 Å². The minimum atomic E-state index is -0.732. The zero-order valence-corrected chi connectivity index (χ0v) is 13.3. The van der Waals surface area contributed by atoms with E-state index in [9.17, 15) is 14.9 Å². The lowest BCUT2D eigenvalue weighted by Crippen LogP contribution is -2.54. The number of benzene rings is 1. The number of guanidine groups is 1. The van der Waals surface area contributed by atoms with Crippen LogP contribution in [0.25, 0.3) is 0 Å². The Morgan fingerprint density at radius 1 is 1.33 bits per heavy atom. The topological polar surface area (TPSA) is 88.3 Å². The molecule has 2 aliphatic heterocycles. The first kappa shape index (κ1) is 16.4. The standard InChI is InChI=1S/C16H20N4O4/c21-15(14-5-2-1-3-6-14)19-9-4-8-18(16(19)17-20(22)23)11-13-7-10-24-12-13/h1-3,5-6,13H,4,7-12H2. The fourth-order valence-corrected chi connectivity index (χ4v) is 3.12. The molecule has 128 valence electrons. The van der Waals surface area contributed by atoms with Gasteiger partial charge in [0.2, 0.25) is 0 Å². The first-order valence-electron chi connectivity index (χ1n) is 8.08. The summed E-state index contributed by atoms with van der Waals surface area (Å²) in [7, 11) is 0. The van der Waals surface area contributed by atoms with Crippen molar-refractivity contribution in [3.05, 3.63) is 46.0 Å². The molecule has 0 spiro atoms. The van der Waals surface area contributed by atoms with E-state index in [2.05, 4.69) is 5.10 Å². The molecule has 1 atom stereocenters. The first-order valence-corrected chi connectivity index (χ1v) is 8.08. The number of nitrogens with zero attached hydrogens (tertiary/aromatic N) is 4. The second kappa shape index (κ2) is 7.39. The molecule has 2 fully saturated rings. The Morgan fingerprint density at radius 2 is 2.12 bits per heavy atom. The molecule has 2 aliphatic rings. The molecule has 2 saturated heterocycles. The summed E-state index contributed by atoms with van der Waals surface area (Å²) in [6, 6.07) is 8.78. The lowest BCUT2D eigenvalue weighted by molar-refractivity contribution is -0.486. The smallest absolute Gasteiger partial charge is 0.280 e. The number of hydrogen-bond acceptors (Lipinski definition) is 4. The monoisotopic (exact) mass is 332 g/mol. The number of rotatable bonds is 4. The SMILES string of the molecule is O=C(c1ccccc1)N1CCCN(CC2CCOC2)C1=N[N+](=O)[O-]. The number of hydrogen-bond donors (Lipinski definition) is 0. The molecule has 1 aromatic rings. The zero-order valence-electron chi connectivity index (χ0n) is 13.3. The maximum Gasteiger partial charge on any atom is 0.280 e. The largest absolute Gasteiger partial charge is 0.381 e. The fourth-order valence-electron chi connectivity index (χ4n) is 3.12. The Morgan fingerprint density at radius 3 is 2.79 bits per heavy atom. The van der Waals surface area contributed by atoms with Gasteiger partial charge in [0.05, 0.1) is 6.61 Å². The Hall–Kier alpha value is -2.48. The molecular weight excluding hydrogens is 312 g/mol. The molecule has 0 radical (unpaired) electrons. The van der Waals surface area contributed by atoms with Crippen molar-refractivity contribution in [1.29, 1.82) is 0 Å². The summed E-state index contributed by atoms with van der Waals surface area (Å²) in [5, 5.41) is 13.8. The van der Waals surface area contributed by atoms with E-state index in [1.165, 1.54) is 4.90 Å². The average Bonchev–Trinajstić information content (AvgIpc) is 3.09. The molecule has 8 heteroatoms. The van der Waals surface area contributed by atoms with Gasteiger partial charge in [-0.3, -0.25) is 9.69 Å². The minimum absolute atomic E-state index is 0.131. The molecule has 0 aromatic heterocycles.